The lowest BCUT2D eigenvalue weighted by atomic mass is 9.80. The van der Waals surface area contributed by atoms with Gasteiger partial charge >= 0.3 is 0 Å². The highest BCUT2D eigenvalue weighted by atomic mass is 16.3. The Balaban J connectivity index is 1.92. The van der Waals surface area contributed by atoms with E-state index in [0.717, 1.165) is 23.0 Å². The van der Waals surface area contributed by atoms with E-state index in [0.29, 0.717) is 5.92 Å². The Labute approximate surface area is 101 Å². The lowest BCUT2D eigenvalue weighted by Gasteiger charge is -2.27. The molecule has 3 nitrogen and oxygen atoms in total. The zero-order valence-electron chi connectivity index (χ0n) is 9.71. The smallest absolute Gasteiger partial charge is 0.0944 e. The number of hydrogen-bond donors (Lipinski definition) is 1. The summed E-state index contributed by atoms with van der Waals surface area (Å²) in [5.41, 5.74) is 2.61. The highest BCUT2D eigenvalue weighted by molar-refractivity contribution is 5.77. The number of aliphatic hydroxyl groups is 1. The molecule has 1 aliphatic rings. The Morgan fingerprint density at radius 2 is 2.06 bits per heavy atom. The predicted octanol–water partition coefficient (Wildman–Crippen LogP) is 2.85. The molecule has 1 fully saturated rings. The molecule has 1 saturated carbocycles. The Morgan fingerprint density at radius 3 is 2.82 bits per heavy atom. The summed E-state index contributed by atoms with van der Waals surface area (Å²) in [5, 5.41) is 10.3. The molecule has 1 aromatic heterocycles. The molecule has 0 radical (unpaired) electrons. The third-order valence-electron chi connectivity index (χ3n) is 3.67. The average molecular weight is 228 g/mol. The molecule has 0 aliphatic heterocycles. The molecule has 0 bridgehead atoms. The minimum Gasteiger partial charge on any atom is -0.388 e. The van der Waals surface area contributed by atoms with Gasteiger partial charge < -0.3 is 5.11 Å². The molecule has 1 aromatic carbocycles. The fourth-order valence-corrected chi connectivity index (χ4v) is 2.46. The first-order chi connectivity index (χ1) is 8.34. The number of fused-ring (bicyclic) bond motifs is 1. The minimum atomic E-state index is -0.402. The maximum Gasteiger partial charge on any atom is 0.0944 e. The second-order valence-corrected chi connectivity index (χ2v) is 4.82. The van der Waals surface area contributed by atoms with Crippen LogP contribution in [0.4, 0.5) is 0 Å². The summed E-state index contributed by atoms with van der Waals surface area (Å²) >= 11 is 0. The van der Waals surface area contributed by atoms with E-state index >= 15 is 0 Å². The van der Waals surface area contributed by atoms with Gasteiger partial charge in [-0.25, -0.2) is 0 Å². The second-order valence-electron chi connectivity index (χ2n) is 4.82. The first-order valence-electron chi connectivity index (χ1n) is 6.22. The van der Waals surface area contributed by atoms with Crippen molar-refractivity contribution in [2.75, 3.05) is 0 Å². The van der Waals surface area contributed by atoms with Crippen molar-refractivity contribution in [3.8, 4) is 0 Å². The standard InChI is InChI=1S/C14H16N2O/c17-13(9-10-3-1-4-10)11-5-2-6-12-14(11)16-8-7-15-12/h2,5-8,10,13,17H,1,3-4,9H2. The van der Waals surface area contributed by atoms with Gasteiger partial charge in [-0.1, -0.05) is 31.4 Å². The molecule has 1 heterocycles. The molecular weight excluding hydrogens is 212 g/mol. The highest BCUT2D eigenvalue weighted by Crippen LogP contribution is 2.35. The van der Waals surface area contributed by atoms with E-state index in [2.05, 4.69) is 9.97 Å². The molecule has 0 amide bonds. The van der Waals surface area contributed by atoms with Crippen molar-refractivity contribution in [3.05, 3.63) is 36.2 Å². The van der Waals surface area contributed by atoms with E-state index in [1.807, 2.05) is 18.2 Å². The predicted molar refractivity (Wildman–Crippen MR) is 66.5 cm³/mol. The van der Waals surface area contributed by atoms with Gasteiger partial charge in [0, 0.05) is 18.0 Å². The lowest BCUT2D eigenvalue weighted by Crippen LogP contribution is -2.15. The van der Waals surface area contributed by atoms with Crippen LogP contribution < -0.4 is 0 Å². The number of nitrogens with zero attached hydrogens (tertiary/aromatic N) is 2. The van der Waals surface area contributed by atoms with Crippen LogP contribution in [0.2, 0.25) is 0 Å². The molecule has 1 atom stereocenters. The summed E-state index contributed by atoms with van der Waals surface area (Å²) in [7, 11) is 0. The van der Waals surface area contributed by atoms with Crippen molar-refractivity contribution >= 4 is 11.0 Å². The van der Waals surface area contributed by atoms with Gasteiger partial charge in [-0.3, -0.25) is 9.97 Å². The van der Waals surface area contributed by atoms with Crippen LogP contribution in [0.3, 0.4) is 0 Å². The van der Waals surface area contributed by atoms with Gasteiger partial charge in [-0.15, -0.1) is 0 Å². The monoisotopic (exact) mass is 228 g/mol. The Morgan fingerprint density at radius 1 is 1.24 bits per heavy atom. The van der Waals surface area contributed by atoms with Crippen molar-refractivity contribution in [3.63, 3.8) is 0 Å². The number of aromatic nitrogens is 2. The molecular formula is C14H16N2O. The second kappa shape index (κ2) is 4.41. The van der Waals surface area contributed by atoms with Crippen molar-refractivity contribution in [2.24, 2.45) is 5.92 Å². The summed E-state index contributed by atoms with van der Waals surface area (Å²) in [6.45, 7) is 0. The van der Waals surface area contributed by atoms with Crippen LogP contribution in [0.5, 0.6) is 0 Å². The van der Waals surface area contributed by atoms with E-state index in [9.17, 15) is 5.11 Å². The van der Waals surface area contributed by atoms with E-state index < -0.39 is 6.10 Å². The molecule has 1 unspecified atom stereocenters. The Kier molecular flexibility index (Phi) is 2.77. The van der Waals surface area contributed by atoms with Gasteiger partial charge in [0.2, 0.25) is 0 Å². The van der Waals surface area contributed by atoms with Gasteiger partial charge in [-0.2, -0.15) is 0 Å². The van der Waals surface area contributed by atoms with Crippen LogP contribution in [-0.2, 0) is 0 Å². The van der Waals surface area contributed by atoms with Crippen molar-refractivity contribution in [1.82, 2.24) is 9.97 Å². The molecule has 1 N–H and O–H groups in total. The minimum absolute atomic E-state index is 0.402. The lowest BCUT2D eigenvalue weighted by molar-refractivity contribution is 0.119. The first-order valence-corrected chi connectivity index (χ1v) is 6.22. The summed E-state index contributed by atoms with van der Waals surface area (Å²) in [5.74, 6) is 0.692. The topological polar surface area (TPSA) is 46.0 Å². The van der Waals surface area contributed by atoms with Crippen molar-refractivity contribution < 1.29 is 5.11 Å². The Bertz CT molecular complexity index is 517. The van der Waals surface area contributed by atoms with Crippen LogP contribution in [0.15, 0.2) is 30.6 Å². The Hall–Kier alpha value is -1.48. The van der Waals surface area contributed by atoms with E-state index in [4.69, 9.17) is 0 Å². The third-order valence-corrected chi connectivity index (χ3v) is 3.67. The van der Waals surface area contributed by atoms with Crippen LogP contribution in [0.1, 0.15) is 37.4 Å². The summed E-state index contributed by atoms with van der Waals surface area (Å²) in [6.07, 6.45) is 7.65. The molecule has 3 rings (SSSR count). The highest BCUT2D eigenvalue weighted by Gasteiger charge is 2.22. The number of rotatable bonds is 3. The van der Waals surface area contributed by atoms with E-state index in [-0.39, 0.29) is 0 Å². The van der Waals surface area contributed by atoms with Gasteiger partial charge in [0.25, 0.3) is 0 Å². The number of hydrogen-bond acceptors (Lipinski definition) is 3. The fourth-order valence-electron chi connectivity index (χ4n) is 2.46. The maximum atomic E-state index is 10.3. The van der Waals surface area contributed by atoms with E-state index in [1.165, 1.54) is 19.3 Å². The molecule has 17 heavy (non-hydrogen) atoms. The average Bonchev–Trinajstić information content (AvgIpc) is 2.33. The summed E-state index contributed by atoms with van der Waals surface area (Å²) in [6, 6.07) is 5.83. The van der Waals surface area contributed by atoms with Crippen LogP contribution in [0, 0.1) is 5.92 Å². The molecule has 88 valence electrons. The van der Waals surface area contributed by atoms with Crippen LogP contribution in [-0.4, -0.2) is 15.1 Å². The van der Waals surface area contributed by atoms with Crippen molar-refractivity contribution in [1.29, 1.82) is 0 Å². The largest absolute Gasteiger partial charge is 0.388 e. The maximum absolute atomic E-state index is 10.3. The van der Waals surface area contributed by atoms with Gasteiger partial charge in [0.1, 0.15) is 0 Å². The summed E-state index contributed by atoms with van der Waals surface area (Å²) in [4.78, 5) is 8.59. The zero-order valence-corrected chi connectivity index (χ0v) is 9.71. The van der Waals surface area contributed by atoms with Crippen LogP contribution >= 0.6 is 0 Å². The number of benzene rings is 1. The first kappa shape index (κ1) is 10.7. The molecule has 3 heteroatoms. The number of para-hydroxylation sites is 1. The SMILES string of the molecule is OC(CC1CCC1)c1cccc2nccnc12. The molecule has 0 saturated heterocycles. The van der Waals surface area contributed by atoms with Crippen LogP contribution in [0.25, 0.3) is 11.0 Å². The molecule has 1 aliphatic carbocycles. The van der Waals surface area contributed by atoms with Crippen molar-refractivity contribution in [2.45, 2.75) is 31.8 Å². The summed E-state index contributed by atoms with van der Waals surface area (Å²) < 4.78 is 0. The van der Waals surface area contributed by atoms with Gasteiger partial charge in [0.05, 0.1) is 17.1 Å². The van der Waals surface area contributed by atoms with Gasteiger partial charge in [0.15, 0.2) is 0 Å². The fraction of sp³-hybridized carbons (Fsp3) is 0.429. The zero-order chi connectivity index (χ0) is 11.7. The number of aliphatic hydroxyl groups excluding tert-OH is 1. The molecule has 0 spiro atoms. The normalized spacial score (nSPS) is 17.9. The van der Waals surface area contributed by atoms with E-state index in [1.54, 1.807) is 12.4 Å². The van der Waals surface area contributed by atoms with Gasteiger partial charge in [-0.05, 0) is 18.4 Å². The quantitative estimate of drug-likeness (QED) is 0.878. The molecule has 2 aromatic rings. The third kappa shape index (κ3) is 2.03.